The van der Waals surface area contributed by atoms with Crippen LogP contribution in [-0.2, 0) is 4.79 Å². The van der Waals surface area contributed by atoms with Gasteiger partial charge >= 0.3 is 0 Å². The number of nitrogens with two attached hydrogens (primary N) is 1. The summed E-state index contributed by atoms with van der Waals surface area (Å²) < 4.78 is 0. The van der Waals surface area contributed by atoms with Crippen LogP contribution in [0.2, 0.25) is 0 Å². The topological polar surface area (TPSA) is 66.6 Å². The van der Waals surface area contributed by atoms with Crippen LogP contribution in [0.3, 0.4) is 0 Å². The fraction of sp³-hybridized carbons (Fsp3) is 0.875. The van der Waals surface area contributed by atoms with Gasteiger partial charge in [0.1, 0.15) is 0 Å². The lowest BCUT2D eigenvalue weighted by molar-refractivity contribution is -0.131. The number of likely N-dealkylation sites (tertiary alicyclic amines) is 1. The molecule has 3 N–H and O–H groups in total. The number of hydrogen-bond donors (Lipinski definition) is 2. The van der Waals surface area contributed by atoms with E-state index in [1.165, 1.54) is 0 Å². The van der Waals surface area contributed by atoms with Gasteiger partial charge in [-0.25, -0.2) is 0 Å². The molecule has 0 radical (unpaired) electrons. The number of nitrogens with zero attached hydrogens (tertiary/aromatic N) is 1. The van der Waals surface area contributed by atoms with Crippen LogP contribution in [0.1, 0.15) is 19.8 Å². The van der Waals surface area contributed by atoms with Crippen molar-refractivity contribution in [2.75, 3.05) is 13.2 Å². The van der Waals surface area contributed by atoms with E-state index in [9.17, 15) is 4.79 Å². The minimum absolute atomic E-state index is 0.0177. The second-order valence-electron chi connectivity index (χ2n) is 3.17. The maximum absolute atomic E-state index is 11.4. The molecule has 1 heterocycles. The van der Waals surface area contributed by atoms with Crippen LogP contribution < -0.4 is 5.73 Å². The van der Waals surface area contributed by atoms with E-state index in [4.69, 9.17) is 10.8 Å². The van der Waals surface area contributed by atoms with Crippen molar-refractivity contribution in [3.63, 3.8) is 0 Å². The lowest BCUT2D eigenvalue weighted by atomic mass is 10.2. The van der Waals surface area contributed by atoms with Crippen LogP contribution in [0.25, 0.3) is 0 Å². The molecule has 0 aromatic heterocycles. The summed E-state index contributed by atoms with van der Waals surface area (Å²) >= 11 is 0. The van der Waals surface area contributed by atoms with Crippen LogP contribution in [0.15, 0.2) is 0 Å². The Labute approximate surface area is 72.3 Å². The molecular formula is C8H16N2O2. The first-order chi connectivity index (χ1) is 5.70. The molecule has 1 amide bonds. The largest absolute Gasteiger partial charge is 0.394 e. The van der Waals surface area contributed by atoms with E-state index in [1.54, 1.807) is 4.90 Å². The molecule has 0 aromatic rings. The summed E-state index contributed by atoms with van der Waals surface area (Å²) in [4.78, 5) is 13.0. The second kappa shape index (κ2) is 3.87. The minimum atomic E-state index is -0.342. The Morgan fingerprint density at radius 3 is 2.83 bits per heavy atom. The molecule has 4 nitrogen and oxygen atoms in total. The Kier molecular flexibility index (Phi) is 3.05. The van der Waals surface area contributed by atoms with Gasteiger partial charge in [0.2, 0.25) is 5.91 Å². The predicted octanol–water partition coefficient (Wildman–Crippen LogP) is -0.683. The number of carbonyl (C=O) groups excluding carboxylic acids is 1. The van der Waals surface area contributed by atoms with Crippen molar-refractivity contribution >= 4 is 5.91 Å². The highest BCUT2D eigenvalue weighted by Crippen LogP contribution is 2.14. The maximum Gasteiger partial charge on any atom is 0.239 e. The molecule has 0 bridgehead atoms. The van der Waals surface area contributed by atoms with E-state index in [0.29, 0.717) is 6.54 Å². The van der Waals surface area contributed by atoms with Gasteiger partial charge in [-0.15, -0.1) is 0 Å². The van der Waals surface area contributed by atoms with Gasteiger partial charge in [0.05, 0.1) is 18.7 Å². The molecule has 70 valence electrons. The number of carbonyl (C=O) groups is 1. The molecule has 0 saturated carbocycles. The number of amides is 1. The number of rotatable bonds is 3. The molecular weight excluding hydrogens is 156 g/mol. The van der Waals surface area contributed by atoms with Gasteiger partial charge in [-0.2, -0.15) is 0 Å². The van der Waals surface area contributed by atoms with Crippen molar-refractivity contribution in [3.8, 4) is 0 Å². The Morgan fingerprint density at radius 2 is 2.50 bits per heavy atom. The zero-order valence-corrected chi connectivity index (χ0v) is 7.36. The molecule has 2 atom stereocenters. The first-order valence-corrected chi connectivity index (χ1v) is 4.37. The van der Waals surface area contributed by atoms with Crippen molar-refractivity contribution in [1.82, 2.24) is 4.90 Å². The van der Waals surface area contributed by atoms with Gasteiger partial charge < -0.3 is 15.7 Å². The van der Waals surface area contributed by atoms with Crippen molar-refractivity contribution in [3.05, 3.63) is 0 Å². The third kappa shape index (κ3) is 1.59. The monoisotopic (exact) mass is 172 g/mol. The fourth-order valence-corrected chi connectivity index (χ4v) is 1.54. The average Bonchev–Trinajstić information content (AvgIpc) is 2.38. The van der Waals surface area contributed by atoms with E-state index < -0.39 is 0 Å². The molecule has 0 spiro atoms. The summed E-state index contributed by atoms with van der Waals surface area (Å²) in [6.45, 7) is 2.69. The fourth-order valence-electron chi connectivity index (χ4n) is 1.54. The van der Waals surface area contributed by atoms with Gasteiger partial charge in [-0.3, -0.25) is 4.79 Å². The average molecular weight is 172 g/mol. The van der Waals surface area contributed by atoms with Crippen molar-refractivity contribution in [2.45, 2.75) is 31.8 Å². The standard InChI is InChI=1S/C8H16N2O2/c1-2-6(5-11)10-4-3-7(9)8(10)12/h6-7,11H,2-5,9H2,1H3. The quantitative estimate of drug-likeness (QED) is 0.592. The van der Waals surface area contributed by atoms with Gasteiger partial charge in [-0.1, -0.05) is 6.92 Å². The van der Waals surface area contributed by atoms with E-state index in [0.717, 1.165) is 12.8 Å². The highest BCUT2D eigenvalue weighted by molar-refractivity contribution is 5.84. The van der Waals surface area contributed by atoms with Crippen molar-refractivity contribution in [1.29, 1.82) is 0 Å². The Hall–Kier alpha value is -0.610. The molecule has 0 aliphatic carbocycles. The zero-order valence-electron chi connectivity index (χ0n) is 7.36. The van der Waals surface area contributed by atoms with E-state index in [-0.39, 0.29) is 24.6 Å². The van der Waals surface area contributed by atoms with Crippen molar-refractivity contribution < 1.29 is 9.90 Å². The minimum Gasteiger partial charge on any atom is -0.394 e. The predicted molar refractivity (Wildman–Crippen MR) is 45.5 cm³/mol. The van der Waals surface area contributed by atoms with Crippen LogP contribution in [0, 0.1) is 0 Å². The summed E-state index contributed by atoms with van der Waals surface area (Å²) in [5.41, 5.74) is 5.54. The van der Waals surface area contributed by atoms with Crippen LogP contribution >= 0.6 is 0 Å². The number of aliphatic hydroxyl groups excluding tert-OH is 1. The lowest BCUT2D eigenvalue weighted by Gasteiger charge is -2.24. The third-order valence-electron chi connectivity index (χ3n) is 2.40. The van der Waals surface area contributed by atoms with Gasteiger partial charge in [0.15, 0.2) is 0 Å². The summed E-state index contributed by atoms with van der Waals surface area (Å²) in [6.07, 6.45) is 1.50. The first kappa shape index (κ1) is 9.48. The van der Waals surface area contributed by atoms with E-state index in [2.05, 4.69) is 0 Å². The maximum atomic E-state index is 11.4. The summed E-state index contributed by atoms with van der Waals surface area (Å²) in [6, 6.07) is -0.378. The second-order valence-corrected chi connectivity index (χ2v) is 3.17. The highest BCUT2D eigenvalue weighted by Gasteiger charge is 2.32. The number of hydrogen-bond acceptors (Lipinski definition) is 3. The molecule has 1 saturated heterocycles. The summed E-state index contributed by atoms with van der Waals surface area (Å²) in [7, 11) is 0. The molecule has 12 heavy (non-hydrogen) atoms. The molecule has 1 fully saturated rings. The summed E-state index contributed by atoms with van der Waals surface area (Å²) in [5.74, 6) is -0.0177. The summed E-state index contributed by atoms with van der Waals surface area (Å²) in [5, 5.41) is 8.96. The first-order valence-electron chi connectivity index (χ1n) is 4.37. The lowest BCUT2D eigenvalue weighted by Crippen LogP contribution is -2.42. The molecule has 1 aliphatic rings. The Bertz CT molecular complexity index is 168. The third-order valence-corrected chi connectivity index (χ3v) is 2.40. The number of aliphatic hydroxyl groups is 1. The SMILES string of the molecule is CCC(CO)N1CCC(N)C1=O. The molecule has 2 unspecified atom stereocenters. The van der Waals surface area contributed by atoms with Crippen LogP contribution in [0.5, 0.6) is 0 Å². The van der Waals surface area contributed by atoms with Gasteiger partial charge in [0, 0.05) is 6.54 Å². The Balaban J connectivity index is 2.57. The normalized spacial score (nSPS) is 26.4. The van der Waals surface area contributed by atoms with Crippen LogP contribution in [0.4, 0.5) is 0 Å². The van der Waals surface area contributed by atoms with E-state index >= 15 is 0 Å². The molecule has 1 aliphatic heterocycles. The zero-order chi connectivity index (χ0) is 9.14. The van der Waals surface area contributed by atoms with Gasteiger partial charge in [0.25, 0.3) is 0 Å². The molecule has 4 heteroatoms. The van der Waals surface area contributed by atoms with Crippen molar-refractivity contribution in [2.24, 2.45) is 5.73 Å². The smallest absolute Gasteiger partial charge is 0.239 e. The van der Waals surface area contributed by atoms with E-state index in [1.807, 2.05) is 6.92 Å². The molecule has 0 aromatic carbocycles. The van der Waals surface area contributed by atoms with Gasteiger partial charge in [-0.05, 0) is 12.8 Å². The highest BCUT2D eigenvalue weighted by atomic mass is 16.3. The van der Waals surface area contributed by atoms with Crippen LogP contribution in [-0.4, -0.2) is 41.1 Å². The molecule has 1 rings (SSSR count). The Morgan fingerprint density at radius 1 is 1.83 bits per heavy atom.